The minimum Gasteiger partial charge on any atom is -0.433 e. The first-order valence-corrected chi connectivity index (χ1v) is 8.63. The number of halogens is 2. The van der Waals surface area contributed by atoms with Gasteiger partial charge in [-0.25, -0.2) is 8.42 Å². The van der Waals surface area contributed by atoms with Crippen LogP contribution in [-0.4, -0.2) is 38.5 Å². The van der Waals surface area contributed by atoms with Gasteiger partial charge in [0.15, 0.2) is 0 Å². The Morgan fingerprint density at radius 3 is 2.64 bits per heavy atom. The van der Waals surface area contributed by atoms with Crippen molar-refractivity contribution in [2.45, 2.75) is 30.4 Å². The zero-order valence-electron chi connectivity index (χ0n) is 11.9. The Kier molecular flexibility index (Phi) is 4.09. The number of rotatable bonds is 4. The van der Waals surface area contributed by atoms with Gasteiger partial charge < -0.3 is 10.5 Å². The Bertz CT molecular complexity index is 653. The van der Waals surface area contributed by atoms with E-state index in [2.05, 4.69) is 4.74 Å². The largest absolute Gasteiger partial charge is 0.433 e. The summed E-state index contributed by atoms with van der Waals surface area (Å²) in [5.74, 6) is 0.0877. The molecular formula is C14H18F2N2O3S. The monoisotopic (exact) mass is 332 g/mol. The molecule has 1 saturated carbocycles. The van der Waals surface area contributed by atoms with E-state index < -0.39 is 16.6 Å². The lowest BCUT2D eigenvalue weighted by Crippen LogP contribution is -2.33. The van der Waals surface area contributed by atoms with Crippen LogP contribution in [0.5, 0.6) is 5.75 Å². The molecule has 2 aliphatic rings. The maximum atomic E-state index is 12.7. The van der Waals surface area contributed by atoms with Crippen molar-refractivity contribution >= 4 is 10.0 Å². The number of benzene rings is 1. The van der Waals surface area contributed by atoms with Crippen LogP contribution in [0.2, 0.25) is 0 Å². The second-order valence-electron chi connectivity index (χ2n) is 5.81. The van der Waals surface area contributed by atoms with E-state index in [1.807, 2.05) is 0 Å². The van der Waals surface area contributed by atoms with E-state index in [1.165, 1.54) is 28.6 Å². The van der Waals surface area contributed by atoms with E-state index >= 15 is 0 Å². The molecule has 0 amide bonds. The van der Waals surface area contributed by atoms with E-state index in [-0.39, 0.29) is 28.5 Å². The summed E-state index contributed by atoms with van der Waals surface area (Å²) in [4.78, 5) is -0.219. The van der Waals surface area contributed by atoms with Crippen LogP contribution in [0, 0.1) is 11.8 Å². The van der Waals surface area contributed by atoms with Crippen LogP contribution >= 0.6 is 0 Å². The number of sulfonamides is 1. The molecule has 1 aromatic carbocycles. The first-order valence-electron chi connectivity index (χ1n) is 7.19. The van der Waals surface area contributed by atoms with Gasteiger partial charge in [0.1, 0.15) is 10.6 Å². The molecule has 2 N–H and O–H groups in total. The van der Waals surface area contributed by atoms with Crippen LogP contribution in [0.25, 0.3) is 0 Å². The second kappa shape index (κ2) is 5.75. The van der Waals surface area contributed by atoms with Crippen molar-refractivity contribution in [1.29, 1.82) is 0 Å². The third kappa shape index (κ3) is 2.70. The van der Waals surface area contributed by atoms with Crippen LogP contribution in [0.4, 0.5) is 8.78 Å². The maximum absolute atomic E-state index is 12.7. The molecule has 0 aromatic heterocycles. The molecule has 8 heteroatoms. The van der Waals surface area contributed by atoms with Gasteiger partial charge in [-0.15, -0.1) is 0 Å². The number of ether oxygens (including phenoxy) is 1. The van der Waals surface area contributed by atoms with E-state index in [0.717, 1.165) is 12.8 Å². The second-order valence-corrected chi connectivity index (χ2v) is 7.72. The van der Waals surface area contributed by atoms with Gasteiger partial charge in [-0.2, -0.15) is 13.1 Å². The highest BCUT2D eigenvalue weighted by Crippen LogP contribution is 2.40. The number of nitrogens with zero attached hydrogens (tertiary/aromatic N) is 1. The highest BCUT2D eigenvalue weighted by atomic mass is 32.2. The molecule has 3 atom stereocenters. The third-order valence-electron chi connectivity index (χ3n) is 4.56. The number of para-hydroxylation sites is 1. The molecule has 1 saturated heterocycles. The van der Waals surface area contributed by atoms with Crippen molar-refractivity contribution in [2.24, 2.45) is 17.6 Å². The molecular weight excluding hydrogens is 314 g/mol. The molecule has 2 fully saturated rings. The van der Waals surface area contributed by atoms with Gasteiger partial charge in [-0.1, -0.05) is 12.1 Å². The predicted molar refractivity (Wildman–Crippen MR) is 76.0 cm³/mol. The van der Waals surface area contributed by atoms with E-state index in [4.69, 9.17) is 5.73 Å². The standard InChI is InChI=1S/C14H18F2N2O3S/c15-14(16)21-12-3-1-2-4-13(12)22(19,20)18-7-9-5-6-11(17)10(9)8-18/h1-4,9-11,14H,5-8,17H2. The molecule has 3 rings (SSSR count). The molecule has 0 spiro atoms. The average molecular weight is 332 g/mol. The number of fused-ring (bicyclic) bond motifs is 1. The fourth-order valence-corrected chi connectivity index (χ4v) is 5.11. The molecule has 0 radical (unpaired) electrons. The number of hydrogen-bond acceptors (Lipinski definition) is 4. The molecule has 5 nitrogen and oxygen atoms in total. The lowest BCUT2D eigenvalue weighted by molar-refractivity contribution is -0.0517. The van der Waals surface area contributed by atoms with Crippen LogP contribution in [0.15, 0.2) is 29.2 Å². The van der Waals surface area contributed by atoms with Crippen LogP contribution < -0.4 is 10.5 Å². The van der Waals surface area contributed by atoms with Crippen LogP contribution in [0.1, 0.15) is 12.8 Å². The first kappa shape index (κ1) is 15.6. The minimum atomic E-state index is -3.86. The quantitative estimate of drug-likeness (QED) is 0.910. The molecule has 122 valence electrons. The summed E-state index contributed by atoms with van der Waals surface area (Å²) < 4.78 is 56.1. The van der Waals surface area contributed by atoms with Gasteiger partial charge in [-0.3, -0.25) is 0 Å². The van der Waals surface area contributed by atoms with E-state index in [1.54, 1.807) is 0 Å². The average Bonchev–Trinajstić information content (AvgIpc) is 3.02. The molecule has 1 aromatic rings. The summed E-state index contributed by atoms with van der Waals surface area (Å²) in [6, 6.07) is 5.50. The van der Waals surface area contributed by atoms with Crippen molar-refractivity contribution in [2.75, 3.05) is 13.1 Å². The van der Waals surface area contributed by atoms with Gasteiger partial charge in [0, 0.05) is 19.1 Å². The van der Waals surface area contributed by atoms with Gasteiger partial charge in [0.05, 0.1) is 0 Å². The van der Waals surface area contributed by atoms with Crippen molar-refractivity contribution in [3.63, 3.8) is 0 Å². The summed E-state index contributed by atoms with van der Waals surface area (Å²) >= 11 is 0. The lowest BCUT2D eigenvalue weighted by atomic mass is 9.98. The first-order chi connectivity index (χ1) is 10.4. The van der Waals surface area contributed by atoms with E-state index in [0.29, 0.717) is 13.1 Å². The molecule has 3 unspecified atom stereocenters. The molecule has 0 bridgehead atoms. The Hall–Kier alpha value is -1.25. The summed E-state index contributed by atoms with van der Waals surface area (Å²) in [6.07, 6.45) is 1.82. The maximum Gasteiger partial charge on any atom is 0.387 e. The zero-order valence-corrected chi connectivity index (χ0v) is 12.7. The number of nitrogens with two attached hydrogens (primary N) is 1. The van der Waals surface area contributed by atoms with Crippen LogP contribution in [-0.2, 0) is 10.0 Å². The molecule has 1 heterocycles. The predicted octanol–water partition coefficient (Wildman–Crippen LogP) is 1.65. The smallest absolute Gasteiger partial charge is 0.387 e. The highest BCUT2D eigenvalue weighted by Gasteiger charge is 2.45. The van der Waals surface area contributed by atoms with E-state index in [9.17, 15) is 17.2 Å². The number of alkyl halides is 2. The molecule has 1 aliphatic carbocycles. The molecule has 1 aliphatic heterocycles. The molecule has 22 heavy (non-hydrogen) atoms. The summed E-state index contributed by atoms with van der Waals surface area (Å²) in [6.45, 7) is -2.33. The van der Waals surface area contributed by atoms with Gasteiger partial charge >= 0.3 is 6.61 Å². The fourth-order valence-electron chi connectivity index (χ4n) is 3.46. The van der Waals surface area contributed by atoms with Crippen molar-refractivity contribution < 1.29 is 21.9 Å². The third-order valence-corrected chi connectivity index (χ3v) is 6.43. The van der Waals surface area contributed by atoms with Crippen LogP contribution in [0.3, 0.4) is 0 Å². The van der Waals surface area contributed by atoms with Gasteiger partial charge in [0.2, 0.25) is 10.0 Å². The Labute approximate surface area is 128 Å². The SMILES string of the molecule is NC1CCC2CN(S(=O)(=O)c3ccccc3OC(F)F)CC12. The minimum absolute atomic E-state index is 0.0118. The van der Waals surface area contributed by atoms with Gasteiger partial charge in [0.25, 0.3) is 0 Å². The topological polar surface area (TPSA) is 72.6 Å². The lowest BCUT2D eigenvalue weighted by Gasteiger charge is -2.20. The van der Waals surface area contributed by atoms with Crippen molar-refractivity contribution in [3.05, 3.63) is 24.3 Å². The normalized spacial score (nSPS) is 29.0. The number of hydrogen-bond donors (Lipinski definition) is 1. The van der Waals surface area contributed by atoms with Crippen molar-refractivity contribution in [3.8, 4) is 5.75 Å². The summed E-state index contributed by atoms with van der Waals surface area (Å²) in [5, 5.41) is 0. The van der Waals surface area contributed by atoms with Gasteiger partial charge in [-0.05, 0) is 36.8 Å². The summed E-state index contributed by atoms with van der Waals surface area (Å²) in [5.41, 5.74) is 6.01. The van der Waals surface area contributed by atoms with Crippen molar-refractivity contribution in [1.82, 2.24) is 4.31 Å². The highest BCUT2D eigenvalue weighted by molar-refractivity contribution is 7.89. The Morgan fingerprint density at radius 2 is 1.95 bits per heavy atom. The summed E-state index contributed by atoms with van der Waals surface area (Å²) in [7, 11) is -3.86. The Balaban J connectivity index is 1.88. The fraction of sp³-hybridized carbons (Fsp3) is 0.571. The zero-order chi connectivity index (χ0) is 15.9. The Morgan fingerprint density at radius 1 is 1.23 bits per heavy atom.